The second-order valence-corrected chi connectivity index (χ2v) is 11.2. The van der Waals surface area contributed by atoms with Crippen LogP contribution in [0.2, 0.25) is 0 Å². The molecule has 0 aliphatic heterocycles. The normalized spacial score (nSPS) is 13.2. The van der Waals surface area contributed by atoms with Gasteiger partial charge in [0.15, 0.2) is 0 Å². The average molecular weight is 623 g/mol. The van der Waals surface area contributed by atoms with E-state index >= 15 is 0 Å². The van der Waals surface area contributed by atoms with Crippen LogP contribution in [0.5, 0.6) is 0 Å². The van der Waals surface area contributed by atoms with Crippen LogP contribution in [0, 0.1) is 0 Å². The van der Waals surface area contributed by atoms with Crippen LogP contribution in [0.4, 0.5) is 34.1 Å². The highest BCUT2D eigenvalue weighted by Gasteiger charge is 2.14. The number of anilines is 6. The van der Waals surface area contributed by atoms with E-state index in [1.54, 1.807) is 17.0 Å². The summed E-state index contributed by atoms with van der Waals surface area (Å²) < 4.78 is 73.4. The molecule has 0 aliphatic carbocycles. The van der Waals surface area contributed by atoms with E-state index < -0.39 is 24.2 Å². The lowest BCUT2D eigenvalue weighted by molar-refractivity contribution is 1.28. The van der Waals surface area contributed by atoms with E-state index in [-0.39, 0.29) is 46.5 Å². The van der Waals surface area contributed by atoms with Crippen LogP contribution in [0.1, 0.15) is 11.0 Å². The third-order valence-electron chi connectivity index (χ3n) is 8.16. The highest BCUT2D eigenvalue weighted by molar-refractivity contribution is 5.89. The Bertz CT molecular complexity index is 2630. The smallest absolute Gasteiger partial charge is 0.0645 e. The molecule has 0 radical (unpaired) electrons. The van der Waals surface area contributed by atoms with Gasteiger partial charge in [-0.2, -0.15) is 0 Å². The van der Waals surface area contributed by atoms with Gasteiger partial charge in [-0.05, 0) is 106 Å². The highest BCUT2D eigenvalue weighted by Crippen LogP contribution is 2.38. The lowest BCUT2D eigenvalue weighted by Gasteiger charge is -2.26. The fourth-order valence-electron chi connectivity index (χ4n) is 5.80. The minimum atomic E-state index is -0.470. The molecule has 2 nitrogen and oxygen atoms in total. The lowest BCUT2D eigenvalue weighted by Crippen LogP contribution is -2.09. The van der Waals surface area contributed by atoms with Crippen molar-refractivity contribution >= 4 is 44.9 Å². The Morgan fingerprint density at radius 2 is 0.646 bits per heavy atom. The third kappa shape index (κ3) is 5.95. The van der Waals surface area contributed by atoms with Crippen molar-refractivity contribution in [1.82, 2.24) is 0 Å². The summed E-state index contributed by atoms with van der Waals surface area (Å²) in [5, 5.41) is 1.93. The number of rotatable bonds is 8. The maximum atomic E-state index is 9.27. The van der Waals surface area contributed by atoms with Gasteiger partial charge in [-0.25, -0.2) is 0 Å². The molecule has 0 aromatic heterocycles. The SMILES string of the molecule is [2H]c1c([2H])c(-c2c([2H])c([2H])c(N(c3ccccc3)c3ccc4ccccc4c3)c([2H])c2[2H])c([2H])c([2H])c1-c1ccc(N(c2ccccc2)c2ccccc2)cc1. The average Bonchev–Trinajstić information content (AvgIpc) is 3.24. The molecular weight excluding hydrogens is 581 g/mol. The molecule has 0 atom stereocenters. The zero-order valence-corrected chi connectivity index (χ0v) is 25.9. The quantitative estimate of drug-likeness (QED) is 0.166. The minimum absolute atomic E-state index is 0.00255. The van der Waals surface area contributed by atoms with Crippen LogP contribution in [-0.4, -0.2) is 0 Å². The summed E-state index contributed by atoms with van der Waals surface area (Å²) in [7, 11) is 0. The van der Waals surface area contributed by atoms with E-state index in [4.69, 9.17) is 5.48 Å². The molecule has 228 valence electrons. The number of hydrogen-bond acceptors (Lipinski definition) is 2. The Morgan fingerprint density at radius 3 is 1.17 bits per heavy atom. The first kappa shape index (κ1) is 21.4. The fraction of sp³-hybridized carbons (Fsp3) is 0. The topological polar surface area (TPSA) is 6.48 Å². The van der Waals surface area contributed by atoms with Crippen molar-refractivity contribution in [1.29, 1.82) is 0 Å². The molecule has 8 aromatic rings. The van der Waals surface area contributed by atoms with Crippen molar-refractivity contribution in [2.24, 2.45) is 0 Å². The molecule has 8 rings (SSSR count). The molecule has 48 heavy (non-hydrogen) atoms. The second-order valence-electron chi connectivity index (χ2n) is 11.2. The van der Waals surface area contributed by atoms with Gasteiger partial charge < -0.3 is 9.80 Å². The van der Waals surface area contributed by atoms with Crippen LogP contribution >= 0.6 is 0 Å². The number of nitrogens with zero attached hydrogens (tertiary/aromatic N) is 2. The molecule has 0 fully saturated rings. The number of benzene rings is 8. The van der Waals surface area contributed by atoms with Crippen molar-refractivity contribution in [3.63, 3.8) is 0 Å². The molecule has 0 saturated carbocycles. The van der Waals surface area contributed by atoms with E-state index in [9.17, 15) is 5.48 Å². The number of fused-ring (bicyclic) bond motifs is 1. The molecular formula is C46H34N2. The van der Waals surface area contributed by atoms with Gasteiger partial charge in [0.1, 0.15) is 0 Å². The molecule has 0 spiro atoms. The first-order valence-corrected chi connectivity index (χ1v) is 15.7. The van der Waals surface area contributed by atoms with E-state index in [1.165, 1.54) is 0 Å². The molecule has 0 bridgehead atoms. The Labute approximate surface area is 293 Å². The van der Waals surface area contributed by atoms with Gasteiger partial charge in [0.05, 0.1) is 11.0 Å². The second kappa shape index (κ2) is 13.2. The van der Waals surface area contributed by atoms with Gasteiger partial charge in [-0.15, -0.1) is 0 Å². The van der Waals surface area contributed by atoms with Gasteiger partial charge >= 0.3 is 0 Å². The van der Waals surface area contributed by atoms with Gasteiger partial charge in [0.25, 0.3) is 0 Å². The van der Waals surface area contributed by atoms with Crippen molar-refractivity contribution < 1.29 is 11.0 Å². The fourth-order valence-corrected chi connectivity index (χ4v) is 5.80. The van der Waals surface area contributed by atoms with Crippen molar-refractivity contribution in [2.45, 2.75) is 0 Å². The summed E-state index contributed by atoms with van der Waals surface area (Å²) in [5.74, 6) is 0. The van der Waals surface area contributed by atoms with E-state index in [1.807, 2.05) is 146 Å². The van der Waals surface area contributed by atoms with Crippen LogP contribution in [-0.2, 0) is 0 Å². The van der Waals surface area contributed by atoms with Crippen LogP contribution in [0.15, 0.2) is 206 Å². The van der Waals surface area contributed by atoms with E-state index in [0.717, 1.165) is 27.8 Å². The molecule has 0 N–H and O–H groups in total. The van der Waals surface area contributed by atoms with E-state index in [2.05, 4.69) is 4.90 Å². The molecule has 8 aromatic carbocycles. The molecule has 0 amide bonds. The van der Waals surface area contributed by atoms with Gasteiger partial charge in [-0.1, -0.05) is 133 Å². The highest BCUT2D eigenvalue weighted by atomic mass is 15.1. The molecule has 0 heterocycles. The Kier molecular flexibility index (Phi) is 5.87. The van der Waals surface area contributed by atoms with Gasteiger partial charge in [-0.3, -0.25) is 0 Å². The summed E-state index contributed by atoms with van der Waals surface area (Å²) in [6.45, 7) is 0. The summed E-state index contributed by atoms with van der Waals surface area (Å²) in [4.78, 5) is 3.75. The van der Waals surface area contributed by atoms with Crippen molar-refractivity contribution in [3.05, 3.63) is 206 Å². The van der Waals surface area contributed by atoms with Gasteiger partial charge in [0.2, 0.25) is 0 Å². The Hall–Kier alpha value is -6.38. The monoisotopic (exact) mass is 622 g/mol. The summed E-state index contributed by atoms with van der Waals surface area (Å²) in [6, 6.07) is 46.4. The maximum Gasteiger partial charge on any atom is 0.0645 e. The molecule has 2 heteroatoms. The zero-order valence-electron chi connectivity index (χ0n) is 33.9. The van der Waals surface area contributed by atoms with Crippen molar-refractivity contribution in [3.8, 4) is 22.3 Å². The summed E-state index contributed by atoms with van der Waals surface area (Å²) in [6.07, 6.45) is 0. The van der Waals surface area contributed by atoms with E-state index in [0.29, 0.717) is 16.9 Å². The van der Waals surface area contributed by atoms with Gasteiger partial charge in [0, 0.05) is 34.1 Å². The first-order chi connectivity index (χ1) is 27.2. The molecule has 0 aliphatic rings. The largest absolute Gasteiger partial charge is 0.311 e. The Morgan fingerprint density at radius 1 is 0.271 bits per heavy atom. The molecule has 0 unspecified atom stereocenters. The number of hydrogen-bond donors (Lipinski definition) is 0. The third-order valence-corrected chi connectivity index (χ3v) is 8.16. The zero-order chi connectivity index (χ0) is 39.1. The molecule has 0 saturated heterocycles. The first-order valence-electron chi connectivity index (χ1n) is 19.7. The standard InChI is InChI=1S/C46H34N2/c1-4-14-41(15-5-1)47(42-16-6-2-7-17-42)44-29-24-38(25-30-44)36-20-22-37(23-21-36)39-26-31-45(32-27-39)48(43-18-8-3-9-19-43)46-33-28-35-12-10-11-13-40(35)34-46/h1-34H/i20D,21D,22D,23D,26D,27D,31D,32D. The summed E-state index contributed by atoms with van der Waals surface area (Å²) in [5.41, 5.74) is 3.89. The predicted molar refractivity (Wildman–Crippen MR) is 204 cm³/mol. The predicted octanol–water partition coefficient (Wildman–Crippen LogP) is 13.1. The maximum absolute atomic E-state index is 9.27. The van der Waals surface area contributed by atoms with Crippen molar-refractivity contribution in [2.75, 3.05) is 9.80 Å². The van der Waals surface area contributed by atoms with Crippen LogP contribution in [0.25, 0.3) is 33.0 Å². The summed E-state index contributed by atoms with van der Waals surface area (Å²) >= 11 is 0. The van der Waals surface area contributed by atoms with Crippen LogP contribution in [0.3, 0.4) is 0 Å². The number of para-hydroxylation sites is 3. The Balaban J connectivity index is 1.24. The minimum Gasteiger partial charge on any atom is -0.311 e. The van der Waals surface area contributed by atoms with Crippen LogP contribution < -0.4 is 9.80 Å². The lowest BCUT2D eigenvalue weighted by atomic mass is 9.99.